The summed E-state index contributed by atoms with van der Waals surface area (Å²) in [5.74, 6) is 0. The first-order valence-corrected chi connectivity index (χ1v) is 8.57. The second-order valence-corrected chi connectivity index (χ2v) is 6.21. The lowest BCUT2D eigenvalue weighted by Crippen LogP contribution is -2.06. The Morgan fingerprint density at radius 1 is 1.11 bits per heavy atom. The van der Waals surface area contributed by atoms with Crippen LogP contribution in [0, 0.1) is 0 Å². The molecule has 0 saturated heterocycles. The van der Waals surface area contributed by atoms with Crippen LogP contribution in [0.2, 0.25) is 5.02 Å². The van der Waals surface area contributed by atoms with Gasteiger partial charge in [0, 0.05) is 19.5 Å². The van der Waals surface area contributed by atoms with Gasteiger partial charge in [0.2, 0.25) is 0 Å². The molecule has 0 aromatic heterocycles. The van der Waals surface area contributed by atoms with Gasteiger partial charge in [-0.3, -0.25) is 0 Å². The molecule has 0 aliphatic heterocycles. The van der Waals surface area contributed by atoms with Crippen molar-refractivity contribution in [1.82, 2.24) is 0 Å². The molecule has 0 radical (unpaired) electrons. The Balaban J connectivity index is 2.09. The first-order chi connectivity index (χ1) is 9.22. The lowest BCUT2D eigenvalue weighted by molar-refractivity contribution is 0.0574. The topological polar surface area (TPSA) is 9.23 Å². The van der Waals surface area contributed by atoms with Crippen LogP contribution in [0.15, 0.2) is 53.0 Å². The average Bonchev–Trinajstić information content (AvgIpc) is 2.43. The molecule has 0 fully saturated rings. The molecule has 1 unspecified atom stereocenters. The summed E-state index contributed by atoms with van der Waals surface area (Å²) in [6, 6.07) is 15.9. The number of rotatable bonds is 5. The molecule has 0 N–H and O–H groups in total. The molecule has 2 aromatic rings. The summed E-state index contributed by atoms with van der Waals surface area (Å²) in [5, 5.41) is 0.760. The number of alkyl halides is 1. The summed E-state index contributed by atoms with van der Waals surface area (Å²) in [4.78, 5) is 0. The lowest BCUT2D eigenvalue weighted by Gasteiger charge is -2.17. The normalized spacial score (nSPS) is 12.4. The van der Waals surface area contributed by atoms with Gasteiger partial charge in [0.1, 0.15) is 0 Å². The Morgan fingerprint density at radius 2 is 1.79 bits per heavy atom. The molecule has 0 aliphatic carbocycles. The minimum atomic E-state index is 0.0152. The number of hydrogen-bond donors (Lipinski definition) is 0. The fourth-order valence-electron chi connectivity index (χ4n) is 1.76. The van der Waals surface area contributed by atoms with Crippen molar-refractivity contribution in [2.75, 3.05) is 4.43 Å². The maximum Gasteiger partial charge on any atom is 0.0933 e. The predicted molar refractivity (Wildman–Crippen MR) is 92.0 cm³/mol. The molecule has 19 heavy (non-hydrogen) atoms. The van der Waals surface area contributed by atoms with Crippen molar-refractivity contribution in [3.63, 3.8) is 0 Å². The minimum Gasteiger partial charge on any atom is -0.368 e. The van der Waals surface area contributed by atoms with Crippen LogP contribution >= 0.6 is 50.1 Å². The van der Waals surface area contributed by atoms with Gasteiger partial charge >= 0.3 is 0 Å². The van der Waals surface area contributed by atoms with Crippen molar-refractivity contribution < 1.29 is 4.74 Å². The zero-order chi connectivity index (χ0) is 13.7. The maximum atomic E-state index is 6.22. The van der Waals surface area contributed by atoms with Crippen LogP contribution in [0.4, 0.5) is 0 Å². The monoisotopic (exact) mass is 450 g/mol. The van der Waals surface area contributed by atoms with E-state index in [4.69, 9.17) is 16.3 Å². The van der Waals surface area contributed by atoms with Crippen molar-refractivity contribution in [3.8, 4) is 0 Å². The smallest absolute Gasteiger partial charge is 0.0933 e. The van der Waals surface area contributed by atoms with E-state index in [0.29, 0.717) is 6.61 Å². The molecule has 0 saturated carbocycles. The minimum absolute atomic E-state index is 0.0152. The summed E-state index contributed by atoms with van der Waals surface area (Å²) in [6.45, 7) is 0.570. The molecular formula is C15H13BrClIO. The molecule has 0 spiro atoms. The van der Waals surface area contributed by atoms with Crippen LogP contribution in [-0.2, 0) is 11.3 Å². The second-order valence-electron chi connectivity index (χ2n) is 4.07. The maximum absolute atomic E-state index is 6.22. The Bertz CT molecular complexity index is 547. The highest BCUT2D eigenvalue weighted by molar-refractivity contribution is 14.1. The van der Waals surface area contributed by atoms with Gasteiger partial charge in [-0.2, -0.15) is 0 Å². The van der Waals surface area contributed by atoms with E-state index in [2.05, 4.69) is 44.6 Å². The van der Waals surface area contributed by atoms with Gasteiger partial charge in [-0.1, -0.05) is 86.5 Å². The van der Waals surface area contributed by atoms with Crippen LogP contribution < -0.4 is 0 Å². The van der Waals surface area contributed by atoms with Gasteiger partial charge < -0.3 is 4.74 Å². The molecule has 0 heterocycles. The SMILES string of the molecule is Clc1ccccc1C(CI)OCc1ccccc1Br. The van der Waals surface area contributed by atoms with Crippen molar-refractivity contribution >= 4 is 50.1 Å². The standard InChI is InChI=1S/C15H13BrClIO/c16-13-7-3-1-5-11(13)10-19-15(9-18)12-6-2-4-8-14(12)17/h1-8,15H,9-10H2. The van der Waals surface area contributed by atoms with Crippen LogP contribution in [0.5, 0.6) is 0 Å². The van der Waals surface area contributed by atoms with E-state index in [-0.39, 0.29) is 6.10 Å². The zero-order valence-corrected chi connectivity index (χ0v) is 14.7. The first-order valence-electron chi connectivity index (χ1n) is 5.87. The summed E-state index contributed by atoms with van der Waals surface area (Å²) in [6.07, 6.45) is 0.0152. The first kappa shape index (κ1) is 15.3. The third-order valence-corrected chi connectivity index (χ3v) is 4.71. The highest BCUT2D eigenvalue weighted by atomic mass is 127. The molecule has 0 aliphatic rings. The van der Waals surface area contributed by atoms with Crippen LogP contribution in [-0.4, -0.2) is 4.43 Å². The third-order valence-electron chi connectivity index (χ3n) is 2.79. The number of halogens is 3. The van der Waals surface area contributed by atoms with E-state index in [0.717, 1.165) is 25.0 Å². The van der Waals surface area contributed by atoms with Crippen molar-refractivity contribution in [2.24, 2.45) is 0 Å². The van der Waals surface area contributed by atoms with E-state index in [9.17, 15) is 0 Å². The molecular weight excluding hydrogens is 438 g/mol. The van der Waals surface area contributed by atoms with E-state index >= 15 is 0 Å². The van der Waals surface area contributed by atoms with Gasteiger partial charge in [-0.15, -0.1) is 0 Å². The highest BCUT2D eigenvalue weighted by Crippen LogP contribution is 2.28. The molecule has 100 valence electrons. The largest absolute Gasteiger partial charge is 0.368 e. The molecule has 0 amide bonds. The summed E-state index contributed by atoms with van der Waals surface area (Å²) >= 11 is 12.1. The van der Waals surface area contributed by atoms with Gasteiger partial charge in [0.25, 0.3) is 0 Å². The van der Waals surface area contributed by atoms with E-state index in [1.165, 1.54) is 0 Å². The Hall–Kier alpha value is -0.100. The molecule has 2 rings (SSSR count). The Labute approximate surface area is 140 Å². The van der Waals surface area contributed by atoms with E-state index in [1.54, 1.807) is 0 Å². The summed E-state index contributed by atoms with van der Waals surface area (Å²) in [7, 11) is 0. The van der Waals surface area contributed by atoms with Crippen LogP contribution in [0.1, 0.15) is 17.2 Å². The fourth-order valence-corrected chi connectivity index (χ4v) is 3.14. The predicted octanol–water partition coefficient (Wildman–Crippen LogP) is 5.80. The fraction of sp³-hybridized carbons (Fsp3) is 0.200. The van der Waals surface area contributed by atoms with Crippen LogP contribution in [0.3, 0.4) is 0 Å². The van der Waals surface area contributed by atoms with Crippen molar-refractivity contribution in [3.05, 3.63) is 69.2 Å². The third kappa shape index (κ3) is 4.18. The van der Waals surface area contributed by atoms with Crippen molar-refractivity contribution in [1.29, 1.82) is 0 Å². The molecule has 1 nitrogen and oxygen atoms in total. The number of ether oxygens (including phenoxy) is 1. The zero-order valence-electron chi connectivity index (χ0n) is 10.2. The Morgan fingerprint density at radius 3 is 2.47 bits per heavy atom. The molecule has 0 bridgehead atoms. The molecule has 2 aromatic carbocycles. The van der Waals surface area contributed by atoms with Gasteiger partial charge in [0.15, 0.2) is 0 Å². The van der Waals surface area contributed by atoms with Gasteiger partial charge in [-0.25, -0.2) is 0 Å². The van der Waals surface area contributed by atoms with E-state index < -0.39 is 0 Å². The molecule has 4 heteroatoms. The van der Waals surface area contributed by atoms with Crippen LogP contribution in [0.25, 0.3) is 0 Å². The van der Waals surface area contributed by atoms with E-state index in [1.807, 2.05) is 42.5 Å². The highest BCUT2D eigenvalue weighted by Gasteiger charge is 2.14. The number of hydrogen-bond acceptors (Lipinski definition) is 1. The average molecular weight is 452 g/mol. The second kappa shape index (κ2) is 7.62. The quantitative estimate of drug-likeness (QED) is 0.413. The lowest BCUT2D eigenvalue weighted by atomic mass is 10.1. The number of benzene rings is 2. The molecule has 1 atom stereocenters. The Kier molecular flexibility index (Phi) is 6.13. The van der Waals surface area contributed by atoms with Crippen molar-refractivity contribution in [2.45, 2.75) is 12.7 Å². The summed E-state index contributed by atoms with van der Waals surface area (Å²) < 4.78 is 7.94. The van der Waals surface area contributed by atoms with Gasteiger partial charge in [-0.05, 0) is 17.7 Å². The van der Waals surface area contributed by atoms with Gasteiger partial charge in [0.05, 0.1) is 12.7 Å². The summed E-state index contributed by atoms with van der Waals surface area (Å²) in [5.41, 5.74) is 2.19.